The van der Waals surface area contributed by atoms with Crippen LogP contribution in [-0.4, -0.2) is 29.5 Å². The highest BCUT2D eigenvalue weighted by Crippen LogP contribution is 2.16. The average molecular weight is 385 g/mol. The first-order chi connectivity index (χ1) is 14.2. The largest absolute Gasteiger partial charge is 0.355 e. The van der Waals surface area contributed by atoms with Crippen molar-refractivity contribution in [1.82, 2.24) is 15.2 Å². The third-order valence-electron chi connectivity index (χ3n) is 5.00. The van der Waals surface area contributed by atoms with E-state index < -0.39 is 0 Å². The van der Waals surface area contributed by atoms with Crippen molar-refractivity contribution in [1.29, 1.82) is 0 Å². The number of carbonyl (C=O) groups excluding carboxylic acids is 2. The highest BCUT2D eigenvalue weighted by Gasteiger charge is 2.08. The normalized spacial score (nSPS) is 10.9. The van der Waals surface area contributed by atoms with E-state index in [4.69, 9.17) is 0 Å². The van der Waals surface area contributed by atoms with Crippen molar-refractivity contribution < 1.29 is 9.59 Å². The summed E-state index contributed by atoms with van der Waals surface area (Å²) in [6.07, 6.45) is 2.89. The van der Waals surface area contributed by atoms with Gasteiger partial charge in [0.2, 0.25) is 5.91 Å². The third-order valence-corrected chi connectivity index (χ3v) is 5.00. The van der Waals surface area contributed by atoms with Crippen LogP contribution in [0.1, 0.15) is 16.8 Å². The second-order valence-corrected chi connectivity index (χ2v) is 7.02. The number of fused-ring (bicyclic) bond motifs is 2. The predicted octanol–water partition coefficient (Wildman–Crippen LogP) is 3.73. The fraction of sp³-hybridized carbons (Fsp3) is 0.167. The number of hydrogen-bond acceptors (Lipinski definition) is 2. The first-order valence-corrected chi connectivity index (χ1v) is 9.78. The first kappa shape index (κ1) is 18.7. The molecule has 0 saturated carbocycles. The van der Waals surface area contributed by atoms with Gasteiger partial charge in [-0.05, 0) is 46.8 Å². The third kappa shape index (κ3) is 4.46. The van der Waals surface area contributed by atoms with Gasteiger partial charge in [-0.25, -0.2) is 0 Å². The maximum absolute atomic E-state index is 12.3. The minimum Gasteiger partial charge on any atom is -0.355 e. The highest BCUT2D eigenvalue weighted by atomic mass is 16.2. The monoisotopic (exact) mass is 385 g/mol. The molecule has 1 heterocycles. The maximum atomic E-state index is 12.3. The van der Waals surface area contributed by atoms with Gasteiger partial charge in [-0.3, -0.25) is 9.59 Å². The number of aromatic nitrogens is 1. The Morgan fingerprint density at radius 2 is 1.55 bits per heavy atom. The van der Waals surface area contributed by atoms with E-state index in [1.165, 1.54) is 10.9 Å². The van der Waals surface area contributed by atoms with Gasteiger partial charge in [-0.1, -0.05) is 48.5 Å². The van der Waals surface area contributed by atoms with Crippen molar-refractivity contribution in [2.75, 3.05) is 13.1 Å². The summed E-state index contributed by atoms with van der Waals surface area (Å²) < 4.78 is 2.18. The van der Waals surface area contributed by atoms with Gasteiger partial charge in [0.25, 0.3) is 5.91 Å². The van der Waals surface area contributed by atoms with E-state index in [1.807, 2.05) is 48.5 Å². The summed E-state index contributed by atoms with van der Waals surface area (Å²) in [6, 6.07) is 23.7. The quantitative estimate of drug-likeness (QED) is 0.476. The second kappa shape index (κ2) is 8.61. The van der Waals surface area contributed by atoms with Crippen LogP contribution >= 0.6 is 0 Å². The van der Waals surface area contributed by atoms with E-state index in [1.54, 1.807) is 6.07 Å². The number of amides is 2. The topological polar surface area (TPSA) is 63.1 Å². The van der Waals surface area contributed by atoms with Crippen LogP contribution in [0.2, 0.25) is 0 Å². The average Bonchev–Trinajstić information content (AvgIpc) is 3.18. The van der Waals surface area contributed by atoms with Crippen LogP contribution in [0.15, 0.2) is 79.0 Å². The van der Waals surface area contributed by atoms with E-state index in [2.05, 4.69) is 39.6 Å². The van der Waals surface area contributed by atoms with E-state index in [-0.39, 0.29) is 18.4 Å². The fourth-order valence-electron chi connectivity index (χ4n) is 3.47. The molecule has 4 aromatic rings. The molecular weight excluding hydrogens is 362 g/mol. The molecule has 5 nitrogen and oxygen atoms in total. The number of benzene rings is 3. The number of hydrogen-bond donors (Lipinski definition) is 2. The fourth-order valence-corrected chi connectivity index (χ4v) is 3.47. The number of para-hydroxylation sites is 1. The molecule has 0 radical (unpaired) electrons. The standard InChI is InChI=1S/C24H23N3O2/c28-23(25-13-5-14-27-15-12-19-7-3-4-9-22(19)27)17-26-24(29)21-11-10-18-6-1-2-8-20(18)16-21/h1-4,6-12,15-16H,5,13-14,17H2,(H,25,28)(H,26,29). The summed E-state index contributed by atoms with van der Waals surface area (Å²) in [5, 5.41) is 8.85. The van der Waals surface area contributed by atoms with Crippen molar-refractivity contribution >= 4 is 33.5 Å². The van der Waals surface area contributed by atoms with Crippen LogP contribution < -0.4 is 10.6 Å². The zero-order chi connectivity index (χ0) is 20.1. The van der Waals surface area contributed by atoms with Crippen molar-refractivity contribution in [3.8, 4) is 0 Å². The van der Waals surface area contributed by atoms with Gasteiger partial charge < -0.3 is 15.2 Å². The van der Waals surface area contributed by atoms with Gasteiger partial charge in [-0.2, -0.15) is 0 Å². The Kier molecular flexibility index (Phi) is 5.56. The van der Waals surface area contributed by atoms with Crippen LogP contribution in [0.25, 0.3) is 21.7 Å². The Morgan fingerprint density at radius 1 is 0.793 bits per heavy atom. The molecule has 3 aromatic carbocycles. The van der Waals surface area contributed by atoms with Gasteiger partial charge >= 0.3 is 0 Å². The molecule has 0 unspecified atom stereocenters. The zero-order valence-electron chi connectivity index (χ0n) is 16.1. The summed E-state index contributed by atoms with van der Waals surface area (Å²) in [6.45, 7) is 1.37. The van der Waals surface area contributed by atoms with Crippen molar-refractivity contribution in [3.05, 3.63) is 84.6 Å². The lowest BCUT2D eigenvalue weighted by molar-refractivity contribution is -0.120. The SMILES string of the molecule is O=C(CNC(=O)c1ccc2ccccc2c1)NCCCn1ccc2ccccc21. The lowest BCUT2D eigenvalue weighted by Gasteiger charge is -2.09. The lowest BCUT2D eigenvalue weighted by atomic mass is 10.1. The van der Waals surface area contributed by atoms with Gasteiger partial charge in [0.05, 0.1) is 6.54 Å². The van der Waals surface area contributed by atoms with Crippen LogP contribution in [0.5, 0.6) is 0 Å². The summed E-state index contributed by atoms with van der Waals surface area (Å²) in [7, 11) is 0. The van der Waals surface area contributed by atoms with E-state index >= 15 is 0 Å². The van der Waals surface area contributed by atoms with Crippen molar-refractivity contribution in [3.63, 3.8) is 0 Å². The minimum absolute atomic E-state index is 0.0297. The molecule has 29 heavy (non-hydrogen) atoms. The summed E-state index contributed by atoms with van der Waals surface area (Å²) in [5.74, 6) is -0.429. The molecule has 2 N–H and O–H groups in total. The Hall–Kier alpha value is -3.60. The van der Waals surface area contributed by atoms with Crippen molar-refractivity contribution in [2.24, 2.45) is 0 Å². The molecular formula is C24H23N3O2. The Balaban J connectivity index is 1.22. The molecule has 146 valence electrons. The predicted molar refractivity (Wildman–Crippen MR) is 116 cm³/mol. The minimum atomic E-state index is -0.246. The number of aryl methyl sites for hydroxylation is 1. The van der Waals surface area contributed by atoms with Gasteiger partial charge in [-0.15, -0.1) is 0 Å². The molecule has 0 saturated heterocycles. The van der Waals surface area contributed by atoms with E-state index in [0.717, 1.165) is 23.7 Å². The summed E-state index contributed by atoms with van der Waals surface area (Å²) >= 11 is 0. The van der Waals surface area contributed by atoms with Gasteiger partial charge in [0.15, 0.2) is 0 Å². The van der Waals surface area contributed by atoms with Gasteiger partial charge in [0, 0.05) is 30.4 Å². The van der Waals surface area contributed by atoms with Crippen LogP contribution in [-0.2, 0) is 11.3 Å². The molecule has 5 heteroatoms. The molecule has 0 spiro atoms. The molecule has 4 rings (SSSR count). The molecule has 0 aliphatic rings. The van der Waals surface area contributed by atoms with Gasteiger partial charge in [0.1, 0.15) is 0 Å². The Morgan fingerprint density at radius 3 is 2.41 bits per heavy atom. The zero-order valence-corrected chi connectivity index (χ0v) is 16.1. The number of nitrogens with zero attached hydrogens (tertiary/aromatic N) is 1. The molecule has 0 aliphatic carbocycles. The lowest BCUT2D eigenvalue weighted by Crippen LogP contribution is -2.37. The van der Waals surface area contributed by atoms with Crippen LogP contribution in [0.3, 0.4) is 0 Å². The molecule has 0 aliphatic heterocycles. The van der Waals surface area contributed by atoms with Crippen LogP contribution in [0.4, 0.5) is 0 Å². The Labute approximate surface area is 169 Å². The molecule has 1 aromatic heterocycles. The number of carbonyl (C=O) groups is 2. The molecule has 0 atom stereocenters. The molecule has 0 bridgehead atoms. The first-order valence-electron chi connectivity index (χ1n) is 9.78. The smallest absolute Gasteiger partial charge is 0.251 e. The van der Waals surface area contributed by atoms with E-state index in [0.29, 0.717) is 12.1 Å². The summed E-state index contributed by atoms with van der Waals surface area (Å²) in [4.78, 5) is 24.3. The molecule has 2 amide bonds. The Bertz CT molecular complexity index is 1160. The number of nitrogens with one attached hydrogen (secondary N) is 2. The number of rotatable bonds is 7. The van der Waals surface area contributed by atoms with Crippen LogP contribution in [0, 0.1) is 0 Å². The highest BCUT2D eigenvalue weighted by molar-refractivity contribution is 6.00. The van der Waals surface area contributed by atoms with E-state index in [9.17, 15) is 9.59 Å². The molecule has 0 fully saturated rings. The van der Waals surface area contributed by atoms with Crippen molar-refractivity contribution in [2.45, 2.75) is 13.0 Å². The summed E-state index contributed by atoms with van der Waals surface area (Å²) in [5.41, 5.74) is 1.75. The maximum Gasteiger partial charge on any atom is 0.251 e. The second-order valence-electron chi connectivity index (χ2n) is 7.02.